The highest BCUT2D eigenvalue weighted by molar-refractivity contribution is 5.82. The van der Waals surface area contributed by atoms with Crippen molar-refractivity contribution in [2.24, 2.45) is 5.10 Å². The summed E-state index contributed by atoms with van der Waals surface area (Å²) in [7, 11) is 0. The molecule has 0 amide bonds. The van der Waals surface area contributed by atoms with E-state index < -0.39 is 0 Å². The van der Waals surface area contributed by atoms with E-state index >= 15 is 0 Å². The molecule has 0 atom stereocenters. The van der Waals surface area contributed by atoms with Crippen molar-refractivity contribution in [2.45, 2.75) is 59.0 Å². The molecule has 18 heavy (non-hydrogen) atoms. The van der Waals surface area contributed by atoms with Gasteiger partial charge in [0.2, 0.25) is 0 Å². The first kappa shape index (κ1) is 13.1. The van der Waals surface area contributed by atoms with Gasteiger partial charge in [-0.1, -0.05) is 32.9 Å². The van der Waals surface area contributed by atoms with Crippen LogP contribution in [0.15, 0.2) is 23.3 Å². The lowest BCUT2D eigenvalue weighted by atomic mass is 9.85. The summed E-state index contributed by atoms with van der Waals surface area (Å²) in [4.78, 5) is 0. The fourth-order valence-corrected chi connectivity index (χ4v) is 2.07. The average Bonchev–Trinajstić information content (AvgIpc) is 2.25. The molecule has 0 fully saturated rings. The maximum absolute atomic E-state index is 4.57. The molecule has 0 unspecified atom stereocenters. The van der Waals surface area contributed by atoms with Gasteiger partial charge in [0.1, 0.15) is 0 Å². The molecule has 0 saturated carbocycles. The normalized spacial score (nSPS) is 15.8. The van der Waals surface area contributed by atoms with Crippen LogP contribution in [0.5, 0.6) is 0 Å². The van der Waals surface area contributed by atoms with Crippen molar-refractivity contribution < 1.29 is 0 Å². The van der Waals surface area contributed by atoms with Crippen molar-refractivity contribution in [3.8, 4) is 0 Å². The van der Waals surface area contributed by atoms with Crippen LogP contribution in [0, 0.1) is 0 Å². The summed E-state index contributed by atoms with van der Waals surface area (Å²) >= 11 is 0. The van der Waals surface area contributed by atoms with E-state index in [9.17, 15) is 0 Å². The number of hydrogen-bond donors (Lipinski definition) is 0. The van der Waals surface area contributed by atoms with Gasteiger partial charge >= 0.3 is 0 Å². The average molecular weight is 244 g/mol. The van der Waals surface area contributed by atoms with Crippen LogP contribution in [0.3, 0.4) is 0 Å². The van der Waals surface area contributed by atoms with E-state index in [2.05, 4.69) is 69.9 Å². The van der Waals surface area contributed by atoms with Gasteiger partial charge in [0.05, 0.1) is 12.8 Å². The molecule has 0 N–H and O–H groups in total. The van der Waals surface area contributed by atoms with Gasteiger partial charge < -0.3 is 0 Å². The van der Waals surface area contributed by atoms with Crippen molar-refractivity contribution in [2.75, 3.05) is 0 Å². The zero-order valence-corrected chi connectivity index (χ0v) is 12.4. The third kappa shape index (κ3) is 2.58. The van der Waals surface area contributed by atoms with Crippen LogP contribution in [-0.4, -0.2) is 16.8 Å². The van der Waals surface area contributed by atoms with Crippen molar-refractivity contribution in [3.05, 3.63) is 34.9 Å². The van der Waals surface area contributed by atoms with Gasteiger partial charge in [-0.25, -0.2) is 0 Å². The Hall–Kier alpha value is -1.31. The predicted octanol–water partition coefficient (Wildman–Crippen LogP) is 3.93. The van der Waals surface area contributed by atoms with Crippen molar-refractivity contribution >= 4 is 6.21 Å². The molecular weight excluding hydrogens is 220 g/mol. The Balaban J connectivity index is 2.33. The zero-order chi connectivity index (χ0) is 13.6. The smallest absolute Gasteiger partial charge is 0.0623 e. The second-order valence-electron chi connectivity index (χ2n) is 7.14. The summed E-state index contributed by atoms with van der Waals surface area (Å²) in [6.07, 6.45) is 2.00. The number of benzene rings is 1. The van der Waals surface area contributed by atoms with E-state index in [4.69, 9.17) is 0 Å². The van der Waals surface area contributed by atoms with Crippen LogP contribution in [0.25, 0.3) is 0 Å². The Morgan fingerprint density at radius 1 is 1.06 bits per heavy atom. The molecular formula is C16H24N2. The van der Waals surface area contributed by atoms with E-state index in [1.54, 1.807) is 0 Å². The molecule has 2 nitrogen and oxygen atoms in total. The van der Waals surface area contributed by atoms with Gasteiger partial charge in [0, 0.05) is 5.54 Å². The summed E-state index contributed by atoms with van der Waals surface area (Å²) < 4.78 is 0. The molecule has 1 aromatic rings. The molecule has 2 heteroatoms. The standard InChI is InChI=1S/C16H24N2/c1-15(2,3)14-8-7-12-11-18(16(4,5)6)17-10-13(12)9-14/h7-10H,11H2,1-6H3. The Morgan fingerprint density at radius 2 is 1.72 bits per heavy atom. The zero-order valence-electron chi connectivity index (χ0n) is 12.4. The number of hydrogen-bond acceptors (Lipinski definition) is 2. The molecule has 0 aromatic heterocycles. The number of rotatable bonds is 0. The first-order chi connectivity index (χ1) is 8.18. The summed E-state index contributed by atoms with van der Waals surface area (Å²) in [5.41, 5.74) is 4.29. The van der Waals surface area contributed by atoms with Crippen molar-refractivity contribution in [1.29, 1.82) is 0 Å². The Bertz CT molecular complexity index is 473. The highest BCUT2D eigenvalue weighted by atomic mass is 15.5. The van der Waals surface area contributed by atoms with Crippen molar-refractivity contribution in [1.82, 2.24) is 5.01 Å². The first-order valence-corrected chi connectivity index (χ1v) is 6.63. The molecule has 1 aliphatic rings. The minimum absolute atomic E-state index is 0.0802. The van der Waals surface area contributed by atoms with Gasteiger partial charge in [-0.15, -0.1) is 0 Å². The molecule has 2 rings (SSSR count). The third-order valence-electron chi connectivity index (χ3n) is 3.44. The van der Waals surface area contributed by atoms with Crippen LogP contribution in [0.1, 0.15) is 58.2 Å². The van der Waals surface area contributed by atoms with Crippen LogP contribution in [0.4, 0.5) is 0 Å². The van der Waals surface area contributed by atoms with Gasteiger partial charge in [-0.3, -0.25) is 5.01 Å². The van der Waals surface area contributed by atoms with Crippen LogP contribution < -0.4 is 0 Å². The highest BCUT2D eigenvalue weighted by Crippen LogP contribution is 2.28. The van der Waals surface area contributed by atoms with E-state index in [-0.39, 0.29) is 11.0 Å². The van der Waals surface area contributed by atoms with Crippen LogP contribution >= 0.6 is 0 Å². The summed E-state index contributed by atoms with van der Waals surface area (Å²) in [5, 5.41) is 6.72. The van der Waals surface area contributed by atoms with Gasteiger partial charge in [-0.2, -0.15) is 5.10 Å². The largest absolute Gasteiger partial charge is 0.287 e. The summed E-state index contributed by atoms with van der Waals surface area (Å²) in [6, 6.07) is 6.78. The van der Waals surface area contributed by atoms with Crippen LogP contribution in [0.2, 0.25) is 0 Å². The fraction of sp³-hybridized carbons (Fsp3) is 0.562. The van der Waals surface area contributed by atoms with Crippen molar-refractivity contribution in [3.63, 3.8) is 0 Å². The molecule has 0 saturated heterocycles. The van der Waals surface area contributed by atoms with Crippen LogP contribution in [-0.2, 0) is 12.0 Å². The number of hydrazone groups is 1. The molecule has 0 aliphatic carbocycles. The Labute approximate surface area is 111 Å². The highest BCUT2D eigenvalue weighted by Gasteiger charge is 2.24. The van der Waals surface area contributed by atoms with Gasteiger partial charge in [-0.05, 0) is 48.9 Å². The monoisotopic (exact) mass is 244 g/mol. The van der Waals surface area contributed by atoms with E-state index in [1.807, 2.05) is 6.21 Å². The minimum atomic E-state index is 0.0802. The fourth-order valence-electron chi connectivity index (χ4n) is 2.07. The second kappa shape index (κ2) is 4.11. The minimum Gasteiger partial charge on any atom is -0.287 e. The third-order valence-corrected chi connectivity index (χ3v) is 3.44. The van der Waals surface area contributed by atoms with E-state index in [1.165, 1.54) is 16.7 Å². The van der Waals surface area contributed by atoms with Gasteiger partial charge in [0.25, 0.3) is 0 Å². The first-order valence-electron chi connectivity index (χ1n) is 6.63. The lowest BCUT2D eigenvalue weighted by Crippen LogP contribution is -2.38. The van der Waals surface area contributed by atoms with E-state index in [0.717, 1.165) is 6.54 Å². The molecule has 1 heterocycles. The number of nitrogens with zero attached hydrogens (tertiary/aromatic N) is 2. The lowest BCUT2D eigenvalue weighted by Gasteiger charge is -2.36. The SMILES string of the molecule is CC(C)(C)c1ccc2c(c1)C=NN(C(C)(C)C)C2. The number of fused-ring (bicyclic) bond motifs is 1. The Morgan fingerprint density at radius 3 is 2.28 bits per heavy atom. The predicted molar refractivity (Wildman–Crippen MR) is 78.0 cm³/mol. The Kier molecular flexibility index (Phi) is 3.00. The quantitative estimate of drug-likeness (QED) is 0.675. The molecule has 1 aromatic carbocycles. The topological polar surface area (TPSA) is 15.6 Å². The summed E-state index contributed by atoms with van der Waals surface area (Å²) in [6.45, 7) is 14.2. The maximum Gasteiger partial charge on any atom is 0.0623 e. The maximum atomic E-state index is 4.57. The molecule has 98 valence electrons. The summed E-state index contributed by atoms with van der Waals surface area (Å²) in [5.74, 6) is 0. The lowest BCUT2D eigenvalue weighted by molar-refractivity contribution is 0.132. The molecule has 0 bridgehead atoms. The van der Waals surface area contributed by atoms with E-state index in [0.29, 0.717) is 0 Å². The molecule has 1 aliphatic heterocycles. The molecule has 0 spiro atoms. The van der Waals surface area contributed by atoms with Gasteiger partial charge in [0.15, 0.2) is 0 Å². The molecule has 0 radical (unpaired) electrons. The second-order valence-corrected chi connectivity index (χ2v) is 7.14.